The molecule has 0 aliphatic heterocycles. The summed E-state index contributed by atoms with van der Waals surface area (Å²) < 4.78 is 16.0. The molecule has 7 nitrogen and oxygen atoms in total. The molecule has 0 bridgehead atoms. The number of ether oxygens (including phenoxy) is 3. The topological polar surface area (TPSA) is 87.9 Å². The number of carbonyl (C=O) groups excluding carboxylic acids is 1. The third-order valence-corrected chi connectivity index (χ3v) is 5.82. The number of nitro groups is 1. The van der Waals surface area contributed by atoms with E-state index in [9.17, 15) is 14.9 Å². The molecule has 0 amide bonds. The maximum atomic E-state index is 13.1. The van der Waals surface area contributed by atoms with Crippen LogP contribution in [0.4, 0.5) is 5.69 Å². The Balaban J connectivity index is 2.02. The summed E-state index contributed by atoms with van der Waals surface area (Å²) in [6, 6.07) is 25.0. The monoisotopic (exact) mass is 483 g/mol. The van der Waals surface area contributed by atoms with Gasteiger partial charge in [0, 0.05) is 12.1 Å². The minimum atomic E-state index is -0.476. The number of nitro benzene ring substituents is 1. The fourth-order valence-electron chi connectivity index (χ4n) is 4.02. The van der Waals surface area contributed by atoms with Crippen LogP contribution in [0.15, 0.2) is 84.9 Å². The number of rotatable bonds is 8. The lowest BCUT2D eigenvalue weighted by Gasteiger charge is -2.17. The number of non-ortho nitro benzene ring substituents is 1. The number of benzene rings is 4. The van der Waals surface area contributed by atoms with E-state index < -0.39 is 10.9 Å². The number of hydrogen-bond acceptors (Lipinski definition) is 6. The third kappa shape index (κ3) is 5.05. The normalized spacial score (nSPS) is 10.5. The van der Waals surface area contributed by atoms with Gasteiger partial charge in [-0.15, -0.1) is 0 Å². The van der Waals surface area contributed by atoms with Gasteiger partial charge in [-0.1, -0.05) is 36.4 Å². The first kappa shape index (κ1) is 24.5. The van der Waals surface area contributed by atoms with Crippen molar-refractivity contribution in [2.24, 2.45) is 0 Å². The van der Waals surface area contributed by atoms with Gasteiger partial charge in [0.05, 0.1) is 31.3 Å². The van der Waals surface area contributed by atoms with Crippen molar-refractivity contribution in [2.45, 2.75) is 6.92 Å². The molecule has 0 fully saturated rings. The standard InChI is InChI=1S/C29H25NO6/c1-4-36-29(31)28-18-27(21-6-5-7-22(16-21)30(32)33)25(19-8-12-23(34-2)13-9-19)17-26(28)20-10-14-24(35-3)15-11-20/h5-18H,4H2,1-3H3. The Bertz CT molecular complexity index is 1390. The molecular weight excluding hydrogens is 458 g/mol. The maximum Gasteiger partial charge on any atom is 0.338 e. The van der Waals surface area contributed by atoms with Crippen LogP contribution in [0.5, 0.6) is 11.5 Å². The summed E-state index contributed by atoms with van der Waals surface area (Å²) >= 11 is 0. The molecule has 0 atom stereocenters. The van der Waals surface area contributed by atoms with Gasteiger partial charge in [-0.2, -0.15) is 0 Å². The second kappa shape index (κ2) is 10.7. The summed E-state index contributed by atoms with van der Waals surface area (Å²) in [7, 11) is 3.19. The van der Waals surface area contributed by atoms with E-state index in [0.29, 0.717) is 33.8 Å². The van der Waals surface area contributed by atoms with Crippen LogP contribution >= 0.6 is 0 Å². The van der Waals surface area contributed by atoms with Crippen LogP contribution in [0.3, 0.4) is 0 Å². The quantitative estimate of drug-likeness (QED) is 0.156. The van der Waals surface area contributed by atoms with Crippen LogP contribution in [0.2, 0.25) is 0 Å². The van der Waals surface area contributed by atoms with Crippen molar-refractivity contribution < 1.29 is 23.9 Å². The molecule has 0 heterocycles. The predicted octanol–water partition coefficient (Wildman–Crippen LogP) is 6.79. The van der Waals surface area contributed by atoms with E-state index >= 15 is 0 Å². The summed E-state index contributed by atoms with van der Waals surface area (Å²) in [5, 5.41) is 11.5. The van der Waals surface area contributed by atoms with Crippen LogP contribution in [0.1, 0.15) is 17.3 Å². The van der Waals surface area contributed by atoms with Gasteiger partial charge < -0.3 is 14.2 Å². The first-order chi connectivity index (χ1) is 17.4. The van der Waals surface area contributed by atoms with Gasteiger partial charge in [-0.3, -0.25) is 10.1 Å². The third-order valence-electron chi connectivity index (χ3n) is 5.82. The average molecular weight is 484 g/mol. The molecule has 0 unspecified atom stereocenters. The van der Waals surface area contributed by atoms with Gasteiger partial charge in [0.25, 0.3) is 5.69 Å². The smallest absolute Gasteiger partial charge is 0.338 e. The van der Waals surface area contributed by atoms with Crippen molar-refractivity contribution in [3.05, 3.63) is 101 Å². The van der Waals surface area contributed by atoms with Crippen molar-refractivity contribution >= 4 is 11.7 Å². The van der Waals surface area contributed by atoms with E-state index in [-0.39, 0.29) is 12.3 Å². The maximum absolute atomic E-state index is 13.1. The lowest BCUT2D eigenvalue weighted by Crippen LogP contribution is -2.07. The highest BCUT2D eigenvalue weighted by Crippen LogP contribution is 2.40. The fourth-order valence-corrected chi connectivity index (χ4v) is 4.02. The second-order valence-corrected chi connectivity index (χ2v) is 7.93. The van der Waals surface area contributed by atoms with E-state index in [0.717, 1.165) is 16.7 Å². The van der Waals surface area contributed by atoms with Crippen LogP contribution in [0.25, 0.3) is 33.4 Å². The first-order valence-electron chi connectivity index (χ1n) is 11.3. The van der Waals surface area contributed by atoms with Crippen LogP contribution in [0, 0.1) is 10.1 Å². The summed E-state index contributed by atoms with van der Waals surface area (Å²) in [5.41, 5.74) is 4.76. The lowest BCUT2D eigenvalue weighted by atomic mass is 9.87. The second-order valence-electron chi connectivity index (χ2n) is 7.93. The summed E-state index contributed by atoms with van der Waals surface area (Å²) in [6.07, 6.45) is 0. The Morgan fingerprint density at radius 1 is 0.750 bits per heavy atom. The van der Waals surface area contributed by atoms with Gasteiger partial charge in [-0.25, -0.2) is 4.79 Å². The summed E-state index contributed by atoms with van der Waals surface area (Å²) in [6.45, 7) is 1.96. The highest BCUT2D eigenvalue weighted by atomic mass is 16.6. The number of carbonyl (C=O) groups is 1. The molecular formula is C29H25NO6. The predicted molar refractivity (Wildman–Crippen MR) is 138 cm³/mol. The Labute approximate surface area is 209 Å². The van der Waals surface area contributed by atoms with Crippen molar-refractivity contribution in [1.82, 2.24) is 0 Å². The molecule has 0 spiro atoms. The molecule has 0 N–H and O–H groups in total. The Hall–Kier alpha value is -4.65. The van der Waals surface area contributed by atoms with Crippen molar-refractivity contribution in [3.63, 3.8) is 0 Å². The lowest BCUT2D eigenvalue weighted by molar-refractivity contribution is -0.384. The van der Waals surface area contributed by atoms with Gasteiger partial charge in [-0.05, 0) is 76.7 Å². The molecule has 36 heavy (non-hydrogen) atoms. The highest BCUT2D eigenvalue weighted by Gasteiger charge is 2.21. The van der Waals surface area contributed by atoms with E-state index in [2.05, 4.69) is 0 Å². The zero-order chi connectivity index (χ0) is 25.7. The number of methoxy groups -OCH3 is 2. The SMILES string of the molecule is CCOC(=O)c1cc(-c2cccc([N+](=O)[O-])c2)c(-c2ccc(OC)cc2)cc1-c1ccc(OC)cc1. The number of esters is 1. The Morgan fingerprint density at radius 3 is 1.83 bits per heavy atom. The van der Waals surface area contributed by atoms with Gasteiger partial charge in [0.2, 0.25) is 0 Å². The van der Waals surface area contributed by atoms with Gasteiger partial charge >= 0.3 is 5.97 Å². The molecule has 4 rings (SSSR count). The van der Waals surface area contributed by atoms with E-state index in [1.807, 2.05) is 54.6 Å². The Morgan fingerprint density at radius 2 is 1.31 bits per heavy atom. The minimum Gasteiger partial charge on any atom is -0.497 e. The fraction of sp³-hybridized carbons (Fsp3) is 0.138. The zero-order valence-electron chi connectivity index (χ0n) is 20.2. The molecule has 4 aromatic rings. The van der Waals surface area contributed by atoms with Gasteiger partial charge in [0.15, 0.2) is 0 Å². The molecule has 0 saturated carbocycles. The van der Waals surface area contributed by atoms with E-state index in [4.69, 9.17) is 14.2 Å². The van der Waals surface area contributed by atoms with E-state index in [1.54, 1.807) is 39.3 Å². The minimum absolute atomic E-state index is 0.0369. The number of nitrogens with zero attached hydrogens (tertiary/aromatic N) is 1. The average Bonchev–Trinajstić information content (AvgIpc) is 2.92. The van der Waals surface area contributed by atoms with Crippen molar-refractivity contribution in [1.29, 1.82) is 0 Å². The summed E-state index contributed by atoms with van der Waals surface area (Å²) in [5.74, 6) is 0.922. The molecule has 0 radical (unpaired) electrons. The van der Waals surface area contributed by atoms with Crippen LogP contribution in [-0.2, 0) is 4.74 Å². The summed E-state index contributed by atoms with van der Waals surface area (Å²) in [4.78, 5) is 24.1. The molecule has 0 saturated heterocycles. The Kier molecular flexibility index (Phi) is 7.30. The first-order valence-corrected chi connectivity index (χ1v) is 11.3. The largest absolute Gasteiger partial charge is 0.497 e. The van der Waals surface area contributed by atoms with Crippen LogP contribution < -0.4 is 9.47 Å². The molecule has 4 aromatic carbocycles. The van der Waals surface area contributed by atoms with E-state index in [1.165, 1.54) is 12.1 Å². The molecule has 0 aromatic heterocycles. The number of hydrogen-bond donors (Lipinski definition) is 0. The van der Waals surface area contributed by atoms with Gasteiger partial charge in [0.1, 0.15) is 11.5 Å². The van der Waals surface area contributed by atoms with Crippen molar-refractivity contribution in [2.75, 3.05) is 20.8 Å². The molecule has 7 heteroatoms. The molecule has 0 aliphatic carbocycles. The molecule has 182 valence electrons. The van der Waals surface area contributed by atoms with Crippen LogP contribution in [-0.4, -0.2) is 31.7 Å². The zero-order valence-corrected chi connectivity index (χ0v) is 20.2. The highest BCUT2D eigenvalue weighted by molar-refractivity contribution is 6.02. The molecule has 0 aliphatic rings. The van der Waals surface area contributed by atoms with Crippen molar-refractivity contribution in [3.8, 4) is 44.9 Å².